The molecule has 2 saturated heterocycles. The number of piperidine rings is 1. The van der Waals surface area contributed by atoms with E-state index in [0.717, 1.165) is 25.2 Å². The van der Waals surface area contributed by atoms with E-state index in [2.05, 4.69) is 25.5 Å². The Morgan fingerprint density at radius 2 is 1.79 bits per heavy atom. The highest BCUT2D eigenvalue weighted by atomic mass is 19.1. The van der Waals surface area contributed by atoms with Crippen LogP contribution in [0.1, 0.15) is 26.7 Å². The second kappa shape index (κ2) is 13.5. The number of ether oxygens (including phenoxy) is 3. The van der Waals surface area contributed by atoms with E-state index in [9.17, 15) is 13.6 Å². The van der Waals surface area contributed by atoms with Crippen molar-refractivity contribution in [2.24, 2.45) is 0 Å². The number of nitrogens with zero attached hydrogens (tertiary/aromatic N) is 4. The zero-order chi connectivity index (χ0) is 26.9. The number of benzene rings is 1. The van der Waals surface area contributed by atoms with Gasteiger partial charge in [-0.25, -0.2) is 23.5 Å². The molecule has 2 fully saturated rings. The van der Waals surface area contributed by atoms with Gasteiger partial charge < -0.3 is 29.7 Å². The van der Waals surface area contributed by atoms with E-state index in [1.165, 1.54) is 17.5 Å². The number of carbonyl (C=O) groups is 1. The summed E-state index contributed by atoms with van der Waals surface area (Å²) in [5.74, 6) is -0.640. The van der Waals surface area contributed by atoms with Crippen LogP contribution < -0.4 is 15.4 Å². The number of hydroxylamine groups is 2. The summed E-state index contributed by atoms with van der Waals surface area (Å²) in [6.07, 6.45) is 1.34. The Hall–Kier alpha value is -3.29. The number of hydrogen-bond donors (Lipinski definition) is 2. The number of halogens is 2. The van der Waals surface area contributed by atoms with Crippen molar-refractivity contribution in [3.8, 4) is 5.88 Å². The number of carbonyl (C=O) groups excluding carboxylic acids is 1. The Morgan fingerprint density at radius 1 is 1.08 bits per heavy atom. The van der Waals surface area contributed by atoms with Crippen molar-refractivity contribution >= 4 is 23.3 Å². The van der Waals surface area contributed by atoms with E-state index in [1.54, 1.807) is 13.8 Å². The minimum atomic E-state index is -0.730. The zero-order valence-electron chi connectivity index (χ0n) is 21.6. The van der Waals surface area contributed by atoms with Crippen molar-refractivity contribution in [2.75, 3.05) is 63.1 Å². The molecule has 0 atom stereocenters. The summed E-state index contributed by atoms with van der Waals surface area (Å²) < 4.78 is 45.6. The molecule has 0 unspecified atom stereocenters. The maximum absolute atomic E-state index is 14.7. The molecule has 3 heterocycles. The fourth-order valence-electron chi connectivity index (χ4n) is 4.09. The topological polar surface area (TPSA) is 110 Å². The maximum Gasteiger partial charge on any atom is 0.528 e. The summed E-state index contributed by atoms with van der Waals surface area (Å²) in [5, 5.41) is 7.29. The molecule has 2 N–H and O–H groups in total. The number of nitrogens with one attached hydrogen (secondary N) is 2. The maximum atomic E-state index is 14.7. The fraction of sp³-hybridized carbons (Fsp3) is 0.560. The highest BCUT2D eigenvalue weighted by Gasteiger charge is 2.24. The largest absolute Gasteiger partial charge is 0.528 e. The summed E-state index contributed by atoms with van der Waals surface area (Å²) in [7, 11) is 0. The van der Waals surface area contributed by atoms with Gasteiger partial charge in [0, 0.05) is 70.3 Å². The normalized spacial score (nSPS) is 17.3. The molecule has 0 radical (unpaired) electrons. The lowest BCUT2D eigenvalue weighted by atomic mass is 10.1. The smallest absolute Gasteiger partial charge is 0.474 e. The van der Waals surface area contributed by atoms with Crippen LogP contribution >= 0.6 is 0 Å². The van der Waals surface area contributed by atoms with Gasteiger partial charge in [-0.1, -0.05) is 0 Å². The first-order valence-corrected chi connectivity index (χ1v) is 12.8. The molecule has 0 amide bonds. The van der Waals surface area contributed by atoms with Crippen LogP contribution in [-0.2, 0) is 14.3 Å². The molecule has 0 spiro atoms. The van der Waals surface area contributed by atoms with Crippen LogP contribution in [-0.4, -0.2) is 90.8 Å². The van der Waals surface area contributed by atoms with Crippen molar-refractivity contribution < 1.29 is 32.6 Å². The molecular weight excluding hydrogens is 502 g/mol. The quantitative estimate of drug-likeness (QED) is 0.435. The van der Waals surface area contributed by atoms with Crippen LogP contribution in [0.5, 0.6) is 5.88 Å². The molecule has 1 aromatic carbocycles. The molecular formula is C25H34F2N6O5. The van der Waals surface area contributed by atoms with E-state index in [4.69, 9.17) is 19.0 Å². The third-order valence-corrected chi connectivity index (χ3v) is 6.03. The highest BCUT2D eigenvalue weighted by Crippen LogP contribution is 2.27. The molecule has 208 valence electrons. The molecule has 13 heteroatoms. The average Bonchev–Trinajstić information content (AvgIpc) is 2.88. The molecule has 4 rings (SSSR count). The molecule has 0 saturated carbocycles. The second-order valence-corrected chi connectivity index (χ2v) is 9.31. The van der Waals surface area contributed by atoms with Gasteiger partial charge in [0.1, 0.15) is 29.9 Å². The third-order valence-electron chi connectivity index (χ3n) is 6.03. The monoisotopic (exact) mass is 536 g/mol. The number of aromatic nitrogens is 2. The summed E-state index contributed by atoms with van der Waals surface area (Å²) in [6, 6.07) is 3.74. The van der Waals surface area contributed by atoms with E-state index in [-0.39, 0.29) is 29.4 Å². The van der Waals surface area contributed by atoms with Crippen LogP contribution in [0.2, 0.25) is 0 Å². The average molecular weight is 537 g/mol. The molecule has 0 bridgehead atoms. The van der Waals surface area contributed by atoms with E-state index >= 15 is 0 Å². The third kappa shape index (κ3) is 8.36. The molecule has 2 aromatic rings. The van der Waals surface area contributed by atoms with E-state index < -0.39 is 17.8 Å². The lowest BCUT2D eigenvalue weighted by molar-refractivity contribution is -0.151. The zero-order valence-corrected chi connectivity index (χ0v) is 21.6. The Labute approximate surface area is 220 Å². The molecule has 1 aromatic heterocycles. The van der Waals surface area contributed by atoms with Crippen LogP contribution in [0.25, 0.3) is 0 Å². The first kappa shape index (κ1) is 27.7. The van der Waals surface area contributed by atoms with Crippen LogP contribution in [0.3, 0.4) is 0 Å². The molecule has 11 nitrogen and oxygen atoms in total. The molecule has 38 heavy (non-hydrogen) atoms. The van der Waals surface area contributed by atoms with Gasteiger partial charge in [0.05, 0.1) is 30.7 Å². The molecule has 0 aliphatic carbocycles. The van der Waals surface area contributed by atoms with Gasteiger partial charge in [0.15, 0.2) is 0 Å². The van der Waals surface area contributed by atoms with E-state index in [0.29, 0.717) is 58.1 Å². The standard InChI is InChI=1S/C25H34F2N6O5/c1-17(2)36-25(34)38-33-6-3-18(4-7-33)37-24-15-23(29-16-30-24)31-22-14-19(26)21(13-20(22)27)28-5-8-32-9-11-35-12-10-32/h13-18,28H,3-12H2,1-2H3,(H,29,30,31). The number of rotatable bonds is 10. The van der Waals surface area contributed by atoms with Gasteiger partial charge in [-0.15, -0.1) is 5.06 Å². The predicted molar refractivity (Wildman–Crippen MR) is 135 cm³/mol. The summed E-state index contributed by atoms with van der Waals surface area (Å²) in [5.41, 5.74) is 0.0467. The van der Waals surface area contributed by atoms with Gasteiger partial charge in [0.25, 0.3) is 0 Å². The Morgan fingerprint density at radius 3 is 2.53 bits per heavy atom. The molecule has 2 aliphatic heterocycles. The number of hydrogen-bond acceptors (Lipinski definition) is 11. The first-order valence-electron chi connectivity index (χ1n) is 12.8. The second-order valence-electron chi connectivity index (χ2n) is 9.31. The highest BCUT2D eigenvalue weighted by molar-refractivity contribution is 5.62. The van der Waals surface area contributed by atoms with Crippen LogP contribution in [0, 0.1) is 11.6 Å². The number of anilines is 3. The van der Waals surface area contributed by atoms with Crippen molar-refractivity contribution in [3.05, 3.63) is 36.2 Å². The van der Waals surface area contributed by atoms with Gasteiger partial charge >= 0.3 is 6.16 Å². The van der Waals surface area contributed by atoms with Crippen molar-refractivity contribution in [2.45, 2.75) is 38.9 Å². The summed E-state index contributed by atoms with van der Waals surface area (Å²) in [6.45, 7) is 8.68. The summed E-state index contributed by atoms with van der Waals surface area (Å²) >= 11 is 0. The molecule has 2 aliphatic rings. The Balaban J connectivity index is 1.26. The lowest BCUT2D eigenvalue weighted by Gasteiger charge is -2.30. The van der Waals surface area contributed by atoms with Gasteiger partial charge in [-0.3, -0.25) is 4.90 Å². The van der Waals surface area contributed by atoms with Gasteiger partial charge in [-0.2, -0.15) is 0 Å². The Kier molecular flexibility index (Phi) is 9.85. The van der Waals surface area contributed by atoms with Gasteiger partial charge in [-0.05, 0) is 13.8 Å². The van der Waals surface area contributed by atoms with Crippen molar-refractivity contribution in [3.63, 3.8) is 0 Å². The van der Waals surface area contributed by atoms with Crippen molar-refractivity contribution in [1.82, 2.24) is 19.9 Å². The van der Waals surface area contributed by atoms with Crippen LogP contribution in [0.4, 0.5) is 30.8 Å². The van der Waals surface area contributed by atoms with Crippen LogP contribution in [0.15, 0.2) is 24.5 Å². The number of morpholine rings is 1. The fourth-order valence-corrected chi connectivity index (χ4v) is 4.09. The van der Waals surface area contributed by atoms with Gasteiger partial charge in [0.2, 0.25) is 5.88 Å². The predicted octanol–water partition coefficient (Wildman–Crippen LogP) is 3.56. The van der Waals surface area contributed by atoms with E-state index in [1.807, 2.05) is 0 Å². The van der Waals surface area contributed by atoms with Crippen molar-refractivity contribution in [1.29, 1.82) is 0 Å². The summed E-state index contributed by atoms with van der Waals surface area (Å²) in [4.78, 5) is 27.2. The first-order chi connectivity index (χ1) is 18.4. The Bertz CT molecular complexity index is 1060. The SMILES string of the molecule is CC(C)OC(=O)ON1CCC(Oc2cc(Nc3cc(F)c(NCCN4CCOCC4)cc3F)ncn2)CC1. The minimum Gasteiger partial charge on any atom is -0.474 e. The minimum absolute atomic E-state index is 0.0513. The lowest BCUT2D eigenvalue weighted by Crippen LogP contribution is -2.40.